The van der Waals surface area contributed by atoms with Crippen molar-refractivity contribution in [2.24, 2.45) is 0 Å². The average molecular weight is 298 g/mol. The van der Waals surface area contributed by atoms with E-state index in [1.165, 1.54) is 5.56 Å². The quantitative estimate of drug-likeness (QED) is 0.863. The molecule has 102 valence electrons. The van der Waals surface area contributed by atoms with Crippen LogP contribution in [0.25, 0.3) is 0 Å². The van der Waals surface area contributed by atoms with E-state index in [0.717, 1.165) is 23.3 Å². The van der Waals surface area contributed by atoms with Gasteiger partial charge in [0.15, 0.2) is 0 Å². The maximum Gasteiger partial charge on any atom is 0.270 e. The number of rotatable bonds is 5. The Kier molecular flexibility index (Phi) is 4.13. The number of aromatic nitrogens is 2. The highest BCUT2D eigenvalue weighted by Gasteiger charge is 2.18. The lowest BCUT2D eigenvalue weighted by Gasteiger charge is -2.04. The average Bonchev–Trinajstić information content (AvgIpc) is 2.85. The van der Waals surface area contributed by atoms with Crippen molar-refractivity contribution >= 4 is 26.5 Å². The summed E-state index contributed by atoms with van der Waals surface area (Å²) in [6.45, 7) is 2.28. The second-order valence-electron chi connectivity index (χ2n) is 3.90. The van der Waals surface area contributed by atoms with E-state index in [1.54, 1.807) is 0 Å². The fourth-order valence-corrected chi connectivity index (χ4v) is 3.30. The summed E-state index contributed by atoms with van der Waals surface area (Å²) in [6, 6.07) is 7.75. The molecule has 1 aromatic heterocycles. The highest BCUT2D eigenvalue weighted by atomic mass is 32.2. The van der Waals surface area contributed by atoms with Crippen molar-refractivity contribution in [2.45, 2.75) is 24.2 Å². The van der Waals surface area contributed by atoms with E-state index in [-0.39, 0.29) is 16.0 Å². The van der Waals surface area contributed by atoms with Gasteiger partial charge in [-0.05, 0) is 17.5 Å². The zero-order chi connectivity index (χ0) is 13.9. The predicted octanol–water partition coefficient (Wildman–Crippen LogP) is 1.16. The van der Waals surface area contributed by atoms with Gasteiger partial charge in [0.2, 0.25) is 9.47 Å². The summed E-state index contributed by atoms with van der Waals surface area (Å²) in [6.07, 6.45) is 0.954. The summed E-state index contributed by atoms with van der Waals surface area (Å²) < 4.78 is 26.1. The first kappa shape index (κ1) is 13.9. The van der Waals surface area contributed by atoms with Gasteiger partial charge in [0.1, 0.15) is 0 Å². The Morgan fingerprint density at radius 1 is 1.21 bits per heavy atom. The highest BCUT2D eigenvalue weighted by molar-refractivity contribution is 7.91. The number of nitrogens with zero attached hydrogens (tertiary/aromatic N) is 2. The third kappa shape index (κ3) is 3.49. The van der Waals surface area contributed by atoms with Gasteiger partial charge in [-0.3, -0.25) is 0 Å². The Morgan fingerprint density at radius 2 is 1.84 bits per heavy atom. The number of benzene rings is 1. The molecule has 6 nitrogen and oxygen atoms in total. The van der Waals surface area contributed by atoms with Crippen LogP contribution in [-0.4, -0.2) is 18.6 Å². The largest absolute Gasteiger partial charge is 0.374 e. The van der Waals surface area contributed by atoms with Crippen molar-refractivity contribution in [1.29, 1.82) is 0 Å². The molecule has 0 bridgehead atoms. The lowest BCUT2D eigenvalue weighted by Crippen LogP contribution is -2.23. The molecule has 8 heteroatoms. The van der Waals surface area contributed by atoms with Crippen LogP contribution >= 0.6 is 11.3 Å². The lowest BCUT2D eigenvalue weighted by molar-refractivity contribution is 0.579. The maximum atomic E-state index is 11.9. The molecule has 0 aliphatic carbocycles. The molecule has 19 heavy (non-hydrogen) atoms. The third-order valence-corrected chi connectivity index (χ3v) is 5.07. The number of hydrogen-bond donors (Lipinski definition) is 2. The summed E-state index contributed by atoms with van der Waals surface area (Å²) in [4.78, 5) is 0. The Hall–Kier alpha value is -1.51. The van der Waals surface area contributed by atoms with Crippen LogP contribution in [0.4, 0.5) is 5.13 Å². The molecular formula is C11H14N4O2S2. The van der Waals surface area contributed by atoms with Gasteiger partial charge >= 0.3 is 0 Å². The summed E-state index contributed by atoms with van der Waals surface area (Å²) in [5, 5.41) is 7.14. The van der Waals surface area contributed by atoms with Crippen molar-refractivity contribution in [3.05, 3.63) is 35.4 Å². The second-order valence-corrected chi connectivity index (χ2v) is 6.85. The molecule has 0 saturated carbocycles. The zero-order valence-electron chi connectivity index (χ0n) is 10.3. The molecular weight excluding hydrogens is 284 g/mol. The number of sulfonamides is 1. The van der Waals surface area contributed by atoms with Crippen LogP contribution in [0.5, 0.6) is 0 Å². The molecule has 3 N–H and O–H groups in total. The normalized spacial score (nSPS) is 11.6. The minimum Gasteiger partial charge on any atom is -0.374 e. The molecule has 0 fully saturated rings. The van der Waals surface area contributed by atoms with Crippen molar-refractivity contribution in [3.63, 3.8) is 0 Å². The minimum absolute atomic E-state index is 0.116. The fourth-order valence-electron chi connectivity index (χ4n) is 1.46. The van der Waals surface area contributed by atoms with Crippen molar-refractivity contribution in [1.82, 2.24) is 14.9 Å². The Balaban J connectivity index is 2.05. The van der Waals surface area contributed by atoms with E-state index in [4.69, 9.17) is 5.73 Å². The molecule has 0 aliphatic rings. The first-order valence-electron chi connectivity index (χ1n) is 5.67. The van der Waals surface area contributed by atoms with Crippen LogP contribution in [-0.2, 0) is 23.0 Å². The summed E-state index contributed by atoms with van der Waals surface area (Å²) in [7, 11) is -3.64. The number of nitrogens with one attached hydrogen (secondary N) is 1. The molecule has 2 rings (SSSR count). The number of nitrogens with two attached hydrogens (primary N) is 1. The van der Waals surface area contributed by atoms with Crippen molar-refractivity contribution in [2.75, 3.05) is 5.73 Å². The highest BCUT2D eigenvalue weighted by Crippen LogP contribution is 2.16. The van der Waals surface area contributed by atoms with E-state index >= 15 is 0 Å². The smallest absolute Gasteiger partial charge is 0.270 e. The number of anilines is 1. The molecule has 0 radical (unpaired) electrons. The van der Waals surface area contributed by atoms with Crippen LogP contribution in [0.2, 0.25) is 0 Å². The van der Waals surface area contributed by atoms with Gasteiger partial charge in [0.05, 0.1) is 0 Å². The molecule has 0 atom stereocenters. The molecule has 0 spiro atoms. The van der Waals surface area contributed by atoms with Crippen LogP contribution in [0.3, 0.4) is 0 Å². The Bertz CT molecular complexity index is 650. The van der Waals surface area contributed by atoms with Gasteiger partial charge in [0, 0.05) is 6.54 Å². The second kappa shape index (κ2) is 5.64. The Morgan fingerprint density at radius 3 is 2.37 bits per heavy atom. The summed E-state index contributed by atoms with van der Waals surface area (Å²) in [5.74, 6) is 0. The standard InChI is InChI=1S/C11H14N4O2S2/c1-2-8-3-5-9(6-4-8)7-13-19(16,17)11-15-14-10(12)18-11/h3-6,13H,2,7H2,1H3,(H2,12,14). The zero-order valence-corrected chi connectivity index (χ0v) is 12.0. The van der Waals surface area contributed by atoms with Gasteiger partial charge in [-0.15, -0.1) is 10.2 Å². The van der Waals surface area contributed by atoms with Crippen molar-refractivity contribution in [3.8, 4) is 0 Å². The SMILES string of the molecule is CCc1ccc(CNS(=O)(=O)c2nnc(N)s2)cc1. The molecule has 0 unspecified atom stereocenters. The van der Waals surface area contributed by atoms with Gasteiger partial charge in [-0.1, -0.05) is 42.5 Å². The molecule has 0 saturated heterocycles. The molecule has 1 heterocycles. The van der Waals surface area contributed by atoms with Crippen LogP contribution in [0.1, 0.15) is 18.1 Å². The number of aryl methyl sites for hydroxylation is 1. The van der Waals surface area contributed by atoms with Gasteiger partial charge in [-0.2, -0.15) is 0 Å². The Labute approximate surface area is 115 Å². The monoisotopic (exact) mass is 298 g/mol. The van der Waals surface area contributed by atoms with Crippen LogP contribution in [0, 0.1) is 0 Å². The summed E-state index contributed by atoms with van der Waals surface area (Å²) >= 11 is 0.841. The van der Waals surface area contributed by atoms with Crippen molar-refractivity contribution < 1.29 is 8.42 Å². The first-order chi connectivity index (χ1) is 9.01. The molecule has 0 aliphatic heterocycles. The van der Waals surface area contributed by atoms with E-state index in [1.807, 2.05) is 24.3 Å². The first-order valence-corrected chi connectivity index (χ1v) is 7.97. The molecule has 1 aromatic carbocycles. The maximum absolute atomic E-state index is 11.9. The van der Waals surface area contributed by atoms with E-state index in [2.05, 4.69) is 21.8 Å². The summed E-state index contributed by atoms with van der Waals surface area (Å²) in [5.41, 5.74) is 7.47. The fraction of sp³-hybridized carbons (Fsp3) is 0.273. The number of hydrogen-bond acceptors (Lipinski definition) is 6. The lowest BCUT2D eigenvalue weighted by atomic mass is 10.1. The molecule has 0 amide bonds. The van der Waals surface area contributed by atoms with Gasteiger partial charge in [0.25, 0.3) is 10.0 Å². The van der Waals surface area contributed by atoms with E-state index in [9.17, 15) is 8.42 Å². The van der Waals surface area contributed by atoms with Crippen LogP contribution < -0.4 is 10.5 Å². The van der Waals surface area contributed by atoms with E-state index in [0.29, 0.717) is 0 Å². The molecule has 2 aromatic rings. The van der Waals surface area contributed by atoms with Gasteiger partial charge in [-0.25, -0.2) is 13.1 Å². The van der Waals surface area contributed by atoms with E-state index < -0.39 is 10.0 Å². The topological polar surface area (TPSA) is 98.0 Å². The van der Waals surface area contributed by atoms with Gasteiger partial charge < -0.3 is 5.73 Å². The number of nitrogen functional groups attached to an aromatic ring is 1. The van der Waals surface area contributed by atoms with Crippen LogP contribution in [0.15, 0.2) is 28.6 Å². The minimum atomic E-state index is -3.64. The predicted molar refractivity (Wildman–Crippen MR) is 74.2 cm³/mol. The third-order valence-electron chi connectivity index (χ3n) is 2.55.